The summed E-state index contributed by atoms with van der Waals surface area (Å²) in [4.78, 5) is 0. The van der Waals surface area contributed by atoms with E-state index in [0.717, 1.165) is 5.56 Å². The van der Waals surface area contributed by atoms with Gasteiger partial charge in [0.2, 0.25) is 10.0 Å². The van der Waals surface area contributed by atoms with Crippen LogP contribution in [-0.4, -0.2) is 21.1 Å². The Labute approximate surface area is 158 Å². The summed E-state index contributed by atoms with van der Waals surface area (Å²) in [6.07, 6.45) is 0. The molecule has 0 spiro atoms. The topological polar surface area (TPSA) is 67.4 Å². The molecular weight excluding hydrogens is 374 g/mol. The van der Waals surface area contributed by atoms with Gasteiger partial charge in [0, 0.05) is 24.7 Å². The Hall–Kier alpha value is -2.03. The Morgan fingerprint density at radius 2 is 1.59 bits per heavy atom. The first-order chi connectivity index (χ1) is 12.7. The van der Waals surface area contributed by atoms with Crippen molar-refractivity contribution in [2.45, 2.75) is 45.3 Å². The molecule has 5 nitrogen and oxygen atoms in total. The van der Waals surface area contributed by atoms with E-state index in [0.29, 0.717) is 24.2 Å². The van der Waals surface area contributed by atoms with Crippen LogP contribution < -0.4 is 14.8 Å². The second-order valence-electron chi connectivity index (χ2n) is 6.44. The number of nitrogens with one attached hydrogen (secondary N) is 2. The van der Waals surface area contributed by atoms with Crippen molar-refractivity contribution < 1.29 is 21.9 Å². The van der Waals surface area contributed by atoms with Crippen molar-refractivity contribution >= 4 is 10.0 Å². The number of alkyl halides is 2. The third-order valence-corrected chi connectivity index (χ3v) is 5.17. The van der Waals surface area contributed by atoms with E-state index in [4.69, 9.17) is 0 Å². The Balaban J connectivity index is 1.89. The largest absolute Gasteiger partial charge is 0.434 e. The number of hydrogen-bond acceptors (Lipinski definition) is 4. The maximum Gasteiger partial charge on any atom is 0.387 e. The molecule has 0 bridgehead atoms. The highest BCUT2D eigenvalue weighted by molar-refractivity contribution is 7.88. The molecule has 148 valence electrons. The quantitative estimate of drug-likeness (QED) is 0.644. The lowest BCUT2D eigenvalue weighted by atomic mass is 10.1. The van der Waals surface area contributed by atoms with Crippen molar-refractivity contribution in [2.24, 2.45) is 0 Å². The lowest BCUT2D eigenvalue weighted by Crippen LogP contribution is -2.31. The highest BCUT2D eigenvalue weighted by Crippen LogP contribution is 2.20. The van der Waals surface area contributed by atoms with Crippen LogP contribution in [0.5, 0.6) is 5.75 Å². The number of para-hydroxylation sites is 1. The fourth-order valence-electron chi connectivity index (χ4n) is 2.58. The van der Waals surface area contributed by atoms with Gasteiger partial charge in [-0.15, -0.1) is 0 Å². The molecule has 0 amide bonds. The average Bonchev–Trinajstić information content (AvgIpc) is 2.56. The Bertz CT molecular complexity index is 825. The van der Waals surface area contributed by atoms with Crippen LogP contribution in [0.15, 0.2) is 48.5 Å². The lowest BCUT2D eigenvalue weighted by Gasteiger charge is -2.12. The monoisotopic (exact) mass is 398 g/mol. The van der Waals surface area contributed by atoms with Crippen LogP contribution in [0.2, 0.25) is 0 Å². The minimum atomic E-state index is -3.36. The van der Waals surface area contributed by atoms with E-state index in [1.54, 1.807) is 44.2 Å². The minimum Gasteiger partial charge on any atom is -0.434 e. The zero-order valence-electron chi connectivity index (χ0n) is 15.3. The van der Waals surface area contributed by atoms with E-state index < -0.39 is 16.6 Å². The molecule has 0 fully saturated rings. The van der Waals surface area contributed by atoms with E-state index in [1.807, 2.05) is 12.1 Å². The normalized spacial score (nSPS) is 11.9. The van der Waals surface area contributed by atoms with E-state index >= 15 is 0 Å². The first-order valence-corrected chi connectivity index (χ1v) is 10.2. The van der Waals surface area contributed by atoms with Crippen LogP contribution in [0.25, 0.3) is 0 Å². The number of sulfonamides is 1. The van der Waals surface area contributed by atoms with Gasteiger partial charge in [0.15, 0.2) is 0 Å². The SMILES string of the molecule is CC(C)NS(=O)(=O)Cc1ccc(CNCc2ccccc2OC(F)F)cc1. The lowest BCUT2D eigenvalue weighted by molar-refractivity contribution is -0.0505. The summed E-state index contributed by atoms with van der Waals surface area (Å²) in [6, 6.07) is 13.7. The molecule has 0 unspecified atom stereocenters. The molecule has 27 heavy (non-hydrogen) atoms. The summed E-state index contributed by atoms with van der Waals surface area (Å²) in [5.74, 6) is 0.0789. The molecule has 0 heterocycles. The third-order valence-electron chi connectivity index (χ3n) is 3.63. The third kappa shape index (κ3) is 7.62. The van der Waals surface area contributed by atoms with Gasteiger partial charge in [-0.1, -0.05) is 42.5 Å². The van der Waals surface area contributed by atoms with Crippen LogP contribution >= 0.6 is 0 Å². The summed E-state index contributed by atoms with van der Waals surface area (Å²) in [5.41, 5.74) is 2.29. The molecule has 2 aromatic carbocycles. The molecule has 2 aromatic rings. The number of hydrogen-bond donors (Lipinski definition) is 2. The molecule has 0 aliphatic carbocycles. The molecule has 8 heteroatoms. The van der Waals surface area contributed by atoms with Crippen molar-refractivity contribution in [3.8, 4) is 5.75 Å². The van der Waals surface area contributed by atoms with E-state index in [9.17, 15) is 17.2 Å². The van der Waals surface area contributed by atoms with Crippen molar-refractivity contribution in [3.63, 3.8) is 0 Å². The van der Waals surface area contributed by atoms with Crippen molar-refractivity contribution in [1.82, 2.24) is 10.0 Å². The fraction of sp³-hybridized carbons (Fsp3) is 0.368. The number of benzene rings is 2. The zero-order valence-corrected chi connectivity index (χ0v) is 16.1. The van der Waals surface area contributed by atoms with Gasteiger partial charge >= 0.3 is 6.61 Å². The molecule has 0 aromatic heterocycles. The van der Waals surface area contributed by atoms with Crippen LogP contribution in [0.4, 0.5) is 8.78 Å². The molecule has 0 saturated carbocycles. The average molecular weight is 398 g/mol. The van der Waals surface area contributed by atoms with Gasteiger partial charge in [-0.05, 0) is 31.0 Å². The smallest absolute Gasteiger partial charge is 0.387 e. The zero-order chi connectivity index (χ0) is 19.9. The summed E-state index contributed by atoms with van der Waals surface area (Å²) >= 11 is 0. The second kappa shape index (κ2) is 9.77. The predicted molar refractivity (Wildman–Crippen MR) is 101 cm³/mol. The molecular formula is C19H24F2N2O3S. The van der Waals surface area contributed by atoms with Crippen molar-refractivity contribution in [2.75, 3.05) is 0 Å². The van der Waals surface area contributed by atoms with Gasteiger partial charge in [0.05, 0.1) is 5.75 Å². The second-order valence-corrected chi connectivity index (χ2v) is 8.19. The minimum absolute atomic E-state index is 0.0722. The maximum absolute atomic E-state index is 12.4. The van der Waals surface area contributed by atoms with Crippen LogP contribution in [-0.2, 0) is 28.9 Å². The molecule has 0 aliphatic rings. The van der Waals surface area contributed by atoms with Gasteiger partial charge in [-0.2, -0.15) is 8.78 Å². The van der Waals surface area contributed by atoms with Gasteiger partial charge in [-0.3, -0.25) is 0 Å². The molecule has 2 N–H and O–H groups in total. The highest BCUT2D eigenvalue weighted by atomic mass is 32.2. The van der Waals surface area contributed by atoms with Crippen LogP contribution in [0.1, 0.15) is 30.5 Å². The van der Waals surface area contributed by atoms with Gasteiger partial charge in [0.25, 0.3) is 0 Å². The summed E-state index contributed by atoms with van der Waals surface area (Å²) in [7, 11) is -3.36. The Kier molecular flexibility index (Phi) is 7.70. The first kappa shape index (κ1) is 21.3. The predicted octanol–water partition coefficient (Wildman–Crippen LogP) is 3.41. The number of ether oxygens (including phenoxy) is 1. The van der Waals surface area contributed by atoms with E-state index in [2.05, 4.69) is 14.8 Å². The van der Waals surface area contributed by atoms with Crippen molar-refractivity contribution in [3.05, 3.63) is 65.2 Å². The fourth-order valence-corrected chi connectivity index (χ4v) is 4.01. The first-order valence-electron chi connectivity index (χ1n) is 8.56. The summed E-state index contributed by atoms with van der Waals surface area (Å²) < 4.78 is 55.8. The van der Waals surface area contributed by atoms with Crippen LogP contribution in [0.3, 0.4) is 0 Å². The summed E-state index contributed by atoms with van der Waals surface area (Å²) in [5, 5.41) is 3.17. The standard InChI is InChI=1S/C19H24F2N2O3S/c1-14(2)23-27(24,25)13-16-9-7-15(8-10-16)11-22-12-17-5-3-4-6-18(17)26-19(20)21/h3-10,14,19,22-23H,11-13H2,1-2H3. The highest BCUT2D eigenvalue weighted by Gasteiger charge is 2.13. The van der Waals surface area contributed by atoms with Gasteiger partial charge in [0.1, 0.15) is 5.75 Å². The Morgan fingerprint density at radius 3 is 2.22 bits per heavy atom. The van der Waals surface area contributed by atoms with Crippen LogP contribution in [0, 0.1) is 0 Å². The molecule has 0 saturated heterocycles. The van der Waals surface area contributed by atoms with Gasteiger partial charge in [-0.25, -0.2) is 13.1 Å². The molecule has 0 atom stereocenters. The van der Waals surface area contributed by atoms with Crippen molar-refractivity contribution in [1.29, 1.82) is 0 Å². The maximum atomic E-state index is 12.4. The molecule has 2 rings (SSSR count). The molecule has 0 aliphatic heterocycles. The Morgan fingerprint density at radius 1 is 0.963 bits per heavy atom. The van der Waals surface area contributed by atoms with E-state index in [1.165, 1.54) is 6.07 Å². The number of rotatable bonds is 10. The number of halogens is 2. The molecule has 0 radical (unpaired) electrons. The van der Waals surface area contributed by atoms with Gasteiger partial charge < -0.3 is 10.1 Å². The summed E-state index contributed by atoms with van der Waals surface area (Å²) in [6.45, 7) is 1.57. The van der Waals surface area contributed by atoms with E-state index in [-0.39, 0.29) is 17.5 Å².